The van der Waals surface area contributed by atoms with E-state index < -0.39 is 0 Å². The molecular weight excluding hydrogens is 271 g/mol. The largest absolute Gasteiger partial charge is 0.367 e. The molecule has 0 aliphatic heterocycles. The number of benzene rings is 1. The number of nitrogens with two attached hydrogens (primary N) is 1. The zero-order valence-electron chi connectivity index (χ0n) is 10.0. The van der Waals surface area contributed by atoms with Crippen LogP contribution in [-0.2, 0) is 6.42 Å². The van der Waals surface area contributed by atoms with Gasteiger partial charge >= 0.3 is 0 Å². The predicted octanol–water partition coefficient (Wildman–Crippen LogP) is 4.57. The third-order valence-corrected chi connectivity index (χ3v) is 3.40. The fraction of sp³-hybridized carbons (Fsp3) is 0.308. The minimum absolute atomic E-state index is 0.260. The monoisotopic (exact) mass is 284 g/mol. The molecular formula is C13H14Cl2N2O. The Kier molecular flexibility index (Phi) is 4.15. The number of nitrogen functional groups attached to an aromatic ring is 1. The lowest BCUT2D eigenvalue weighted by Crippen LogP contribution is -1.93. The molecule has 1 aromatic carbocycles. The van der Waals surface area contributed by atoms with Gasteiger partial charge in [-0.15, -0.1) is 0 Å². The van der Waals surface area contributed by atoms with Crippen molar-refractivity contribution < 1.29 is 4.52 Å². The van der Waals surface area contributed by atoms with E-state index in [0.29, 0.717) is 15.6 Å². The summed E-state index contributed by atoms with van der Waals surface area (Å²) in [7, 11) is 0. The number of aryl methyl sites for hydroxylation is 1. The van der Waals surface area contributed by atoms with Gasteiger partial charge in [0, 0.05) is 5.56 Å². The minimum atomic E-state index is 0.260. The van der Waals surface area contributed by atoms with Gasteiger partial charge in [0.2, 0.25) is 5.88 Å². The fourth-order valence-corrected chi connectivity index (χ4v) is 2.44. The maximum absolute atomic E-state index is 6.19. The van der Waals surface area contributed by atoms with Crippen molar-refractivity contribution in [2.24, 2.45) is 0 Å². The van der Waals surface area contributed by atoms with E-state index >= 15 is 0 Å². The van der Waals surface area contributed by atoms with Gasteiger partial charge in [-0.2, -0.15) is 0 Å². The first-order valence-corrected chi connectivity index (χ1v) is 6.59. The van der Waals surface area contributed by atoms with Crippen molar-refractivity contribution in [3.05, 3.63) is 33.9 Å². The molecule has 18 heavy (non-hydrogen) atoms. The second-order valence-corrected chi connectivity index (χ2v) is 4.88. The molecule has 0 saturated heterocycles. The molecule has 0 saturated carbocycles. The Morgan fingerprint density at radius 3 is 2.50 bits per heavy atom. The number of aromatic nitrogens is 1. The van der Waals surface area contributed by atoms with Crippen LogP contribution < -0.4 is 5.73 Å². The summed E-state index contributed by atoms with van der Waals surface area (Å²) >= 11 is 12.4. The van der Waals surface area contributed by atoms with Gasteiger partial charge in [0.05, 0.1) is 21.3 Å². The molecule has 3 nitrogen and oxygen atoms in total. The van der Waals surface area contributed by atoms with E-state index in [9.17, 15) is 0 Å². The molecule has 0 unspecified atom stereocenters. The molecule has 0 aliphatic rings. The summed E-state index contributed by atoms with van der Waals surface area (Å²) in [5.74, 6) is 0.260. The van der Waals surface area contributed by atoms with Gasteiger partial charge in [0.1, 0.15) is 0 Å². The topological polar surface area (TPSA) is 52.0 Å². The number of hydrogen-bond donors (Lipinski definition) is 1. The van der Waals surface area contributed by atoms with Gasteiger partial charge in [0.25, 0.3) is 0 Å². The minimum Gasteiger partial charge on any atom is -0.367 e. The highest BCUT2D eigenvalue weighted by Gasteiger charge is 2.20. The lowest BCUT2D eigenvalue weighted by Gasteiger charge is -2.07. The zero-order chi connectivity index (χ0) is 13.1. The summed E-state index contributed by atoms with van der Waals surface area (Å²) < 4.78 is 5.07. The first-order chi connectivity index (χ1) is 8.65. The highest BCUT2D eigenvalue weighted by molar-refractivity contribution is 6.39. The summed E-state index contributed by atoms with van der Waals surface area (Å²) in [6.45, 7) is 2.12. The zero-order valence-corrected chi connectivity index (χ0v) is 11.6. The quantitative estimate of drug-likeness (QED) is 0.895. The standard InChI is InChI=1S/C13H14Cl2N2O/c1-2-3-7-10-12(13(16)18-17-10)11-8(14)5-4-6-9(11)15/h4-6H,2-3,7,16H2,1H3. The van der Waals surface area contributed by atoms with Gasteiger partial charge in [-0.25, -0.2) is 0 Å². The summed E-state index contributed by atoms with van der Waals surface area (Å²) in [5.41, 5.74) is 8.07. The number of rotatable bonds is 4. The van der Waals surface area contributed by atoms with Crippen LogP contribution in [0.5, 0.6) is 0 Å². The van der Waals surface area contributed by atoms with Gasteiger partial charge in [0.15, 0.2) is 0 Å². The Bertz CT molecular complexity index is 532. The second-order valence-electron chi connectivity index (χ2n) is 4.07. The summed E-state index contributed by atoms with van der Waals surface area (Å²) in [5, 5.41) is 5.10. The van der Waals surface area contributed by atoms with E-state index in [1.54, 1.807) is 18.2 Å². The summed E-state index contributed by atoms with van der Waals surface area (Å²) in [6, 6.07) is 5.35. The van der Waals surface area contributed by atoms with Gasteiger partial charge in [-0.1, -0.05) is 47.8 Å². The SMILES string of the molecule is CCCCc1noc(N)c1-c1c(Cl)cccc1Cl. The van der Waals surface area contributed by atoms with Crippen LogP contribution in [0, 0.1) is 0 Å². The molecule has 0 radical (unpaired) electrons. The molecule has 2 rings (SSSR count). The summed E-state index contributed by atoms with van der Waals surface area (Å²) in [4.78, 5) is 0. The van der Waals surface area contributed by atoms with Gasteiger partial charge in [-0.3, -0.25) is 0 Å². The molecule has 2 aromatic rings. The Hall–Kier alpha value is -1.19. The van der Waals surface area contributed by atoms with Crippen molar-refractivity contribution in [3.8, 4) is 11.1 Å². The van der Waals surface area contributed by atoms with E-state index in [-0.39, 0.29) is 5.88 Å². The van der Waals surface area contributed by atoms with Crippen molar-refractivity contribution in [1.82, 2.24) is 5.16 Å². The molecule has 1 aromatic heterocycles. The average molecular weight is 285 g/mol. The van der Waals surface area contributed by atoms with Crippen LogP contribution in [0.25, 0.3) is 11.1 Å². The summed E-state index contributed by atoms with van der Waals surface area (Å²) in [6.07, 6.45) is 2.89. The predicted molar refractivity (Wildman–Crippen MR) is 75.0 cm³/mol. The van der Waals surface area contributed by atoms with E-state index in [1.807, 2.05) is 0 Å². The van der Waals surface area contributed by atoms with Crippen LogP contribution in [0.2, 0.25) is 10.0 Å². The Morgan fingerprint density at radius 2 is 1.89 bits per heavy atom. The number of halogens is 2. The molecule has 0 atom stereocenters. The van der Waals surface area contributed by atoms with Crippen LogP contribution in [-0.4, -0.2) is 5.16 Å². The highest BCUT2D eigenvalue weighted by atomic mass is 35.5. The van der Waals surface area contributed by atoms with E-state index in [2.05, 4.69) is 12.1 Å². The molecule has 0 fully saturated rings. The van der Waals surface area contributed by atoms with Crippen LogP contribution in [0.4, 0.5) is 5.88 Å². The Balaban J connectivity index is 2.52. The first-order valence-electron chi connectivity index (χ1n) is 5.83. The molecule has 0 aliphatic carbocycles. The Morgan fingerprint density at radius 1 is 1.22 bits per heavy atom. The van der Waals surface area contributed by atoms with E-state index in [4.69, 9.17) is 33.5 Å². The van der Waals surface area contributed by atoms with E-state index in [1.165, 1.54) is 0 Å². The van der Waals surface area contributed by atoms with Crippen molar-refractivity contribution >= 4 is 29.1 Å². The number of unbranched alkanes of at least 4 members (excludes halogenated alkanes) is 1. The molecule has 1 heterocycles. The van der Waals surface area contributed by atoms with Gasteiger partial charge in [-0.05, 0) is 25.0 Å². The lowest BCUT2D eigenvalue weighted by molar-refractivity contribution is 0.426. The third-order valence-electron chi connectivity index (χ3n) is 2.77. The normalized spacial score (nSPS) is 10.8. The highest BCUT2D eigenvalue weighted by Crippen LogP contribution is 2.40. The van der Waals surface area contributed by atoms with E-state index in [0.717, 1.165) is 30.5 Å². The molecule has 0 amide bonds. The van der Waals surface area contributed by atoms with Crippen LogP contribution in [0.1, 0.15) is 25.5 Å². The molecule has 0 spiro atoms. The van der Waals surface area contributed by atoms with Crippen molar-refractivity contribution in [2.75, 3.05) is 5.73 Å². The maximum Gasteiger partial charge on any atom is 0.230 e. The maximum atomic E-state index is 6.19. The van der Waals surface area contributed by atoms with Crippen molar-refractivity contribution in [2.45, 2.75) is 26.2 Å². The number of nitrogens with zero attached hydrogens (tertiary/aromatic N) is 1. The van der Waals surface area contributed by atoms with Crippen molar-refractivity contribution in [3.63, 3.8) is 0 Å². The molecule has 5 heteroatoms. The Labute approximate surface area is 116 Å². The molecule has 96 valence electrons. The third kappa shape index (κ3) is 2.47. The molecule has 2 N–H and O–H groups in total. The van der Waals surface area contributed by atoms with Crippen LogP contribution >= 0.6 is 23.2 Å². The number of anilines is 1. The first kappa shape index (κ1) is 13.2. The number of hydrogen-bond acceptors (Lipinski definition) is 3. The average Bonchev–Trinajstić information content (AvgIpc) is 2.69. The fourth-order valence-electron chi connectivity index (χ4n) is 1.86. The second kappa shape index (κ2) is 5.63. The van der Waals surface area contributed by atoms with Crippen LogP contribution in [0.3, 0.4) is 0 Å². The lowest BCUT2D eigenvalue weighted by atomic mass is 10.0. The van der Waals surface area contributed by atoms with Gasteiger partial charge < -0.3 is 10.3 Å². The molecule has 0 bridgehead atoms. The van der Waals surface area contributed by atoms with Crippen molar-refractivity contribution in [1.29, 1.82) is 0 Å². The smallest absolute Gasteiger partial charge is 0.230 e. The van der Waals surface area contributed by atoms with Crippen LogP contribution in [0.15, 0.2) is 22.7 Å².